The van der Waals surface area contributed by atoms with E-state index in [1.165, 1.54) is 5.56 Å². The topological polar surface area (TPSA) is 45.5 Å². The van der Waals surface area contributed by atoms with Crippen molar-refractivity contribution in [3.63, 3.8) is 0 Å². The lowest BCUT2D eigenvalue weighted by Gasteiger charge is -2.18. The molecule has 0 unspecified atom stereocenters. The van der Waals surface area contributed by atoms with Crippen molar-refractivity contribution in [2.45, 2.75) is 26.9 Å². The Balaban J connectivity index is 1.87. The van der Waals surface area contributed by atoms with Crippen LogP contribution in [0, 0.1) is 0 Å². The molecule has 1 aromatic carbocycles. The zero-order valence-electron chi connectivity index (χ0n) is 12.9. The molecule has 5 heteroatoms. The quantitative estimate of drug-likeness (QED) is 0.812. The van der Waals surface area contributed by atoms with Gasteiger partial charge in [0.25, 0.3) is 5.91 Å². The number of hydrogen-bond acceptors (Lipinski definition) is 3. The molecule has 0 bridgehead atoms. The van der Waals surface area contributed by atoms with Gasteiger partial charge in [-0.1, -0.05) is 38.1 Å². The van der Waals surface area contributed by atoms with Crippen LogP contribution in [0.15, 0.2) is 45.5 Å². The largest absolute Gasteiger partial charge is 0.444 e. The van der Waals surface area contributed by atoms with Crippen molar-refractivity contribution in [2.75, 3.05) is 13.1 Å². The zero-order chi connectivity index (χ0) is 15.9. The lowest BCUT2D eigenvalue weighted by atomic mass is 10.1. The second-order valence-electron chi connectivity index (χ2n) is 5.06. The van der Waals surface area contributed by atoms with Crippen molar-refractivity contribution >= 4 is 21.8 Å². The molecule has 0 saturated heterocycles. The van der Waals surface area contributed by atoms with Gasteiger partial charge in [0, 0.05) is 13.1 Å². The molecule has 2 rings (SSSR count). The molecule has 0 atom stereocenters. The monoisotopic (exact) mass is 364 g/mol. The Morgan fingerprint density at radius 1 is 1.09 bits per heavy atom. The van der Waals surface area contributed by atoms with Gasteiger partial charge in [0.2, 0.25) is 0 Å². The van der Waals surface area contributed by atoms with Crippen molar-refractivity contribution in [3.05, 3.63) is 58.0 Å². The molecule has 0 fully saturated rings. The molecule has 4 nitrogen and oxygen atoms in total. The summed E-state index contributed by atoms with van der Waals surface area (Å²) < 4.78 is 5.77. The lowest BCUT2D eigenvalue weighted by molar-refractivity contribution is 0.0922. The summed E-state index contributed by atoms with van der Waals surface area (Å²) in [6.07, 6.45) is 0. The summed E-state index contributed by atoms with van der Waals surface area (Å²) in [5, 5.41) is 2.85. The highest BCUT2D eigenvalue weighted by atomic mass is 79.9. The number of amides is 1. The molecule has 118 valence electrons. The second-order valence-corrected chi connectivity index (χ2v) is 5.85. The number of halogens is 1. The molecule has 0 saturated carbocycles. The Kier molecular flexibility index (Phi) is 6.21. The van der Waals surface area contributed by atoms with Gasteiger partial charge in [-0.2, -0.15) is 0 Å². The van der Waals surface area contributed by atoms with Crippen LogP contribution in [0.3, 0.4) is 0 Å². The van der Waals surface area contributed by atoms with Gasteiger partial charge in [-0.15, -0.1) is 0 Å². The zero-order valence-corrected chi connectivity index (χ0v) is 14.5. The third-order valence-electron chi connectivity index (χ3n) is 3.57. The minimum Gasteiger partial charge on any atom is -0.444 e. The Morgan fingerprint density at radius 3 is 2.27 bits per heavy atom. The number of rotatable bonds is 7. The molecule has 0 spiro atoms. The van der Waals surface area contributed by atoms with Crippen molar-refractivity contribution in [1.82, 2.24) is 10.2 Å². The minimum atomic E-state index is -0.210. The SMILES string of the molecule is CCN(CC)Cc1ccc(CNC(=O)c2ccc(Br)o2)cc1. The molecule has 1 N–H and O–H groups in total. The van der Waals surface area contributed by atoms with Gasteiger partial charge in [-0.05, 0) is 52.3 Å². The first-order chi connectivity index (χ1) is 10.6. The molecule has 0 aliphatic carbocycles. The Hall–Kier alpha value is -1.59. The van der Waals surface area contributed by atoms with Crippen LogP contribution >= 0.6 is 15.9 Å². The molecular formula is C17H21BrN2O2. The first-order valence-corrected chi connectivity index (χ1v) is 8.25. The second kappa shape index (κ2) is 8.15. The predicted molar refractivity (Wildman–Crippen MR) is 90.6 cm³/mol. The van der Waals surface area contributed by atoms with E-state index in [1.807, 2.05) is 0 Å². The van der Waals surface area contributed by atoms with Crippen LogP contribution in [0.2, 0.25) is 0 Å². The highest BCUT2D eigenvalue weighted by Crippen LogP contribution is 2.14. The van der Waals surface area contributed by atoms with Crippen molar-refractivity contribution in [3.8, 4) is 0 Å². The third kappa shape index (κ3) is 4.71. The van der Waals surface area contributed by atoms with Gasteiger partial charge in [-0.3, -0.25) is 9.69 Å². The number of benzene rings is 1. The van der Waals surface area contributed by atoms with E-state index in [2.05, 4.69) is 64.3 Å². The van der Waals surface area contributed by atoms with Gasteiger partial charge in [0.15, 0.2) is 10.4 Å². The van der Waals surface area contributed by atoms with Crippen LogP contribution in [0.5, 0.6) is 0 Å². The van der Waals surface area contributed by atoms with Crippen molar-refractivity contribution in [1.29, 1.82) is 0 Å². The lowest BCUT2D eigenvalue weighted by Crippen LogP contribution is -2.23. The summed E-state index contributed by atoms with van der Waals surface area (Å²) in [5.74, 6) is 0.1000. The molecule has 1 aromatic heterocycles. The molecule has 0 aliphatic rings. The number of nitrogens with zero attached hydrogens (tertiary/aromatic N) is 1. The van der Waals surface area contributed by atoms with Gasteiger partial charge >= 0.3 is 0 Å². The maximum atomic E-state index is 11.9. The molecule has 2 aromatic rings. The van der Waals surface area contributed by atoms with Crippen LogP contribution < -0.4 is 5.32 Å². The average Bonchev–Trinajstić information content (AvgIpc) is 2.98. The molecule has 1 heterocycles. The van der Waals surface area contributed by atoms with E-state index in [0.717, 1.165) is 25.2 Å². The number of carbonyl (C=O) groups excluding carboxylic acids is 1. The van der Waals surface area contributed by atoms with Crippen LogP contribution in [0.1, 0.15) is 35.5 Å². The highest BCUT2D eigenvalue weighted by molar-refractivity contribution is 9.10. The van der Waals surface area contributed by atoms with Crippen LogP contribution in [0.4, 0.5) is 0 Å². The van der Waals surface area contributed by atoms with E-state index in [1.54, 1.807) is 12.1 Å². The fraction of sp³-hybridized carbons (Fsp3) is 0.353. The molecular weight excluding hydrogens is 344 g/mol. The van der Waals surface area contributed by atoms with Gasteiger partial charge in [-0.25, -0.2) is 0 Å². The number of hydrogen-bond donors (Lipinski definition) is 1. The highest BCUT2D eigenvalue weighted by Gasteiger charge is 2.09. The van der Waals surface area contributed by atoms with Crippen molar-refractivity contribution < 1.29 is 9.21 Å². The summed E-state index contributed by atoms with van der Waals surface area (Å²) >= 11 is 3.19. The summed E-state index contributed by atoms with van der Waals surface area (Å²) in [7, 11) is 0. The van der Waals surface area contributed by atoms with Crippen LogP contribution in [-0.4, -0.2) is 23.9 Å². The fourth-order valence-corrected chi connectivity index (χ4v) is 2.48. The maximum absolute atomic E-state index is 11.9. The van der Waals surface area contributed by atoms with E-state index in [-0.39, 0.29) is 5.91 Å². The van der Waals surface area contributed by atoms with Gasteiger partial charge < -0.3 is 9.73 Å². The standard InChI is InChI=1S/C17H21BrN2O2/c1-3-20(4-2)12-14-7-5-13(6-8-14)11-19-17(21)15-9-10-16(18)22-15/h5-10H,3-4,11-12H2,1-2H3,(H,19,21). The van der Waals surface area contributed by atoms with Gasteiger partial charge in [0.05, 0.1) is 0 Å². The van der Waals surface area contributed by atoms with E-state index >= 15 is 0 Å². The van der Waals surface area contributed by atoms with Crippen LogP contribution in [-0.2, 0) is 13.1 Å². The predicted octanol–water partition coefficient (Wildman–Crippen LogP) is 3.81. The van der Waals surface area contributed by atoms with E-state index < -0.39 is 0 Å². The summed E-state index contributed by atoms with van der Waals surface area (Å²) in [5.41, 5.74) is 2.36. The molecule has 0 aliphatic heterocycles. The third-order valence-corrected chi connectivity index (χ3v) is 4.00. The summed E-state index contributed by atoms with van der Waals surface area (Å²) in [4.78, 5) is 14.3. The summed E-state index contributed by atoms with van der Waals surface area (Å²) in [6.45, 7) is 7.88. The minimum absolute atomic E-state index is 0.210. The normalized spacial score (nSPS) is 10.9. The maximum Gasteiger partial charge on any atom is 0.287 e. The Morgan fingerprint density at radius 2 is 1.73 bits per heavy atom. The van der Waals surface area contributed by atoms with Gasteiger partial charge in [0.1, 0.15) is 0 Å². The first kappa shape index (κ1) is 16.8. The van der Waals surface area contributed by atoms with E-state index in [4.69, 9.17) is 4.42 Å². The summed E-state index contributed by atoms with van der Waals surface area (Å²) in [6, 6.07) is 11.7. The molecule has 0 radical (unpaired) electrons. The number of nitrogens with one attached hydrogen (secondary N) is 1. The van der Waals surface area contributed by atoms with Crippen LogP contribution in [0.25, 0.3) is 0 Å². The fourth-order valence-electron chi connectivity index (χ4n) is 2.17. The number of furan rings is 1. The Bertz CT molecular complexity index is 603. The van der Waals surface area contributed by atoms with E-state index in [0.29, 0.717) is 17.0 Å². The molecule has 22 heavy (non-hydrogen) atoms. The smallest absolute Gasteiger partial charge is 0.287 e. The molecule has 1 amide bonds. The number of carbonyl (C=O) groups is 1. The first-order valence-electron chi connectivity index (χ1n) is 7.46. The average molecular weight is 365 g/mol. The van der Waals surface area contributed by atoms with E-state index in [9.17, 15) is 4.79 Å². The van der Waals surface area contributed by atoms with Crippen molar-refractivity contribution in [2.24, 2.45) is 0 Å². The Labute approximate surface area is 139 Å².